The molecule has 5 heteroatoms. The highest BCUT2D eigenvalue weighted by molar-refractivity contribution is 7.71. The van der Waals surface area contributed by atoms with Gasteiger partial charge in [0.15, 0.2) is 4.77 Å². The van der Waals surface area contributed by atoms with E-state index in [0.717, 1.165) is 27.9 Å². The summed E-state index contributed by atoms with van der Waals surface area (Å²) in [4.78, 5) is 5.89. The minimum Gasteiger partial charge on any atom is -0.331 e. The zero-order valence-electron chi connectivity index (χ0n) is 10.6. The van der Waals surface area contributed by atoms with Gasteiger partial charge >= 0.3 is 0 Å². The highest BCUT2D eigenvalue weighted by Crippen LogP contribution is 2.35. The zero-order valence-corrected chi connectivity index (χ0v) is 12.2. The fraction of sp³-hybridized carbons (Fsp3) is 0.500. The second-order valence-corrected chi connectivity index (χ2v) is 6.45. The number of benzene rings is 1. The van der Waals surface area contributed by atoms with Crippen molar-refractivity contribution in [2.75, 3.05) is 13.1 Å². The number of H-pyrrole nitrogens is 1. The molecule has 1 atom stereocenters. The third kappa shape index (κ3) is 2.02. The van der Waals surface area contributed by atoms with E-state index in [9.17, 15) is 0 Å². The average molecular weight is 294 g/mol. The molecule has 0 radical (unpaired) electrons. The summed E-state index contributed by atoms with van der Waals surface area (Å²) in [5, 5.41) is 0.752. The number of halogens is 1. The molecular weight excluding hydrogens is 278 g/mol. The van der Waals surface area contributed by atoms with Gasteiger partial charge in [0.2, 0.25) is 0 Å². The number of likely N-dealkylation sites (tertiary alicyclic amines) is 1. The van der Waals surface area contributed by atoms with Crippen molar-refractivity contribution in [3.8, 4) is 0 Å². The number of hydrogen-bond acceptors (Lipinski definition) is 2. The highest BCUT2D eigenvalue weighted by atomic mass is 35.5. The SMILES string of the molecule is S=c1[nH]c2cc(Cl)ccc2n1C1CCN(C2CC2)C1. The van der Waals surface area contributed by atoms with E-state index in [0.29, 0.717) is 6.04 Å². The van der Waals surface area contributed by atoms with Crippen LogP contribution in [0.3, 0.4) is 0 Å². The topological polar surface area (TPSA) is 24.0 Å². The van der Waals surface area contributed by atoms with Crippen LogP contribution in [0.25, 0.3) is 11.0 Å². The van der Waals surface area contributed by atoms with Crippen molar-refractivity contribution in [3.63, 3.8) is 0 Å². The Bertz CT molecular complexity index is 686. The maximum Gasteiger partial charge on any atom is 0.178 e. The van der Waals surface area contributed by atoms with Crippen LogP contribution in [-0.4, -0.2) is 33.6 Å². The van der Waals surface area contributed by atoms with Gasteiger partial charge in [-0.25, -0.2) is 0 Å². The Morgan fingerprint density at radius 3 is 2.84 bits per heavy atom. The molecule has 3 nitrogen and oxygen atoms in total. The summed E-state index contributed by atoms with van der Waals surface area (Å²) in [6.45, 7) is 2.34. The van der Waals surface area contributed by atoms with E-state index < -0.39 is 0 Å². The van der Waals surface area contributed by atoms with Crippen molar-refractivity contribution >= 4 is 34.9 Å². The van der Waals surface area contributed by atoms with Crippen molar-refractivity contribution in [2.45, 2.75) is 31.3 Å². The Balaban J connectivity index is 1.74. The molecule has 1 unspecified atom stereocenters. The zero-order chi connectivity index (χ0) is 13.0. The van der Waals surface area contributed by atoms with Crippen LogP contribution in [0.4, 0.5) is 0 Å². The summed E-state index contributed by atoms with van der Waals surface area (Å²) in [5.41, 5.74) is 2.22. The van der Waals surface area contributed by atoms with E-state index in [4.69, 9.17) is 23.8 Å². The van der Waals surface area contributed by atoms with Gasteiger partial charge in [-0.1, -0.05) is 11.6 Å². The number of nitrogens with one attached hydrogen (secondary N) is 1. The number of imidazole rings is 1. The Labute approximate surface area is 122 Å². The predicted octanol–water partition coefficient (Wildman–Crippen LogP) is 3.76. The van der Waals surface area contributed by atoms with Crippen molar-refractivity contribution in [2.24, 2.45) is 0 Å². The Morgan fingerprint density at radius 2 is 2.05 bits per heavy atom. The molecule has 0 amide bonds. The molecule has 1 saturated carbocycles. The molecule has 0 spiro atoms. The van der Waals surface area contributed by atoms with Crippen LogP contribution in [0.1, 0.15) is 25.3 Å². The average Bonchev–Trinajstić information content (AvgIpc) is 3.02. The minimum atomic E-state index is 0.503. The third-order valence-corrected chi connectivity index (χ3v) is 4.84. The lowest BCUT2D eigenvalue weighted by Gasteiger charge is -2.16. The number of aromatic amines is 1. The molecule has 1 aromatic carbocycles. The first-order chi connectivity index (χ1) is 9.22. The molecule has 2 fully saturated rings. The van der Waals surface area contributed by atoms with Crippen molar-refractivity contribution in [1.82, 2.24) is 14.5 Å². The molecular formula is C14H16ClN3S. The lowest BCUT2D eigenvalue weighted by molar-refractivity contribution is 0.314. The molecule has 2 heterocycles. The third-order valence-electron chi connectivity index (χ3n) is 4.30. The van der Waals surface area contributed by atoms with Crippen LogP contribution in [-0.2, 0) is 0 Å². The molecule has 1 aliphatic carbocycles. The Hall–Kier alpha value is -0.840. The molecule has 1 saturated heterocycles. The van der Waals surface area contributed by atoms with Gasteiger partial charge < -0.3 is 9.55 Å². The quantitative estimate of drug-likeness (QED) is 0.853. The highest BCUT2D eigenvalue weighted by Gasteiger charge is 2.35. The molecule has 4 rings (SSSR count). The van der Waals surface area contributed by atoms with Crippen molar-refractivity contribution < 1.29 is 0 Å². The van der Waals surface area contributed by atoms with Crippen LogP contribution in [0, 0.1) is 4.77 Å². The van der Waals surface area contributed by atoms with Gasteiger partial charge in [0.25, 0.3) is 0 Å². The monoisotopic (exact) mass is 293 g/mol. The maximum atomic E-state index is 6.04. The summed E-state index contributed by atoms with van der Waals surface area (Å²) < 4.78 is 3.10. The Morgan fingerprint density at radius 1 is 1.21 bits per heavy atom. The van der Waals surface area contributed by atoms with Crippen LogP contribution in [0.5, 0.6) is 0 Å². The maximum absolute atomic E-state index is 6.04. The van der Waals surface area contributed by atoms with Gasteiger partial charge in [0.05, 0.1) is 17.1 Å². The molecule has 19 heavy (non-hydrogen) atoms. The van der Waals surface area contributed by atoms with E-state index in [1.807, 2.05) is 12.1 Å². The smallest absolute Gasteiger partial charge is 0.178 e. The number of nitrogens with zero attached hydrogens (tertiary/aromatic N) is 2. The van der Waals surface area contributed by atoms with E-state index >= 15 is 0 Å². The molecule has 2 aromatic rings. The summed E-state index contributed by atoms with van der Waals surface area (Å²) in [6, 6.07) is 7.32. The standard InChI is InChI=1S/C14H16ClN3S/c15-9-1-4-13-12(7-9)16-14(19)18(13)11-5-6-17(8-11)10-2-3-10/h1,4,7,10-11H,2-3,5-6,8H2,(H,16,19). The fourth-order valence-corrected chi connectivity index (χ4v) is 3.75. The lowest BCUT2D eigenvalue weighted by atomic mass is 10.2. The minimum absolute atomic E-state index is 0.503. The molecule has 2 aliphatic rings. The number of aromatic nitrogens is 2. The molecule has 0 bridgehead atoms. The van der Waals surface area contributed by atoms with Crippen LogP contribution >= 0.6 is 23.8 Å². The fourth-order valence-electron chi connectivity index (χ4n) is 3.22. The van der Waals surface area contributed by atoms with E-state index in [2.05, 4.69) is 20.5 Å². The number of rotatable bonds is 2. The van der Waals surface area contributed by atoms with E-state index in [1.165, 1.54) is 31.3 Å². The normalized spacial score (nSPS) is 24.4. The Kier molecular flexibility index (Phi) is 2.72. The van der Waals surface area contributed by atoms with Gasteiger partial charge in [-0.05, 0) is 49.7 Å². The van der Waals surface area contributed by atoms with E-state index in [-0.39, 0.29) is 0 Å². The second-order valence-electron chi connectivity index (χ2n) is 5.63. The van der Waals surface area contributed by atoms with E-state index in [1.54, 1.807) is 0 Å². The van der Waals surface area contributed by atoms with Gasteiger partial charge in [-0.3, -0.25) is 4.90 Å². The first-order valence-electron chi connectivity index (χ1n) is 6.86. The van der Waals surface area contributed by atoms with Gasteiger partial charge in [0, 0.05) is 24.2 Å². The molecule has 1 aromatic heterocycles. The first-order valence-corrected chi connectivity index (χ1v) is 7.65. The van der Waals surface area contributed by atoms with Crippen LogP contribution in [0.15, 0.2) is 18.2 Å². The summed E-state index contributed by atoms with van der Waals surface area (Å²) in [5.74, 6) is 0. The lowest BCUT2D eigenvalue weighted by Crippen LogP contribution is -2.23. The number of fused-ring (bicyclic) bond motifs is 1. The summed E-state index contributed by atoms with van der Waals surface area (Å²) in [6.07, 6.45) is 3.95. The van der Waals surface area contributed by atoms with Crippen molar-refractivity contribution in [3.05, 3.63) is 28.0 Å². The van der Waals surface area contributed by atoms with Gasteiger partial charge in [-0.2, -0.15) is 0 Å². The molecule has 100 valence electrons. The largest absolute Gasteiger partial charge is 0.331 e. The summed E-state index contributed by atoms with van der Waals surface area (Å²) >= 11 is 11.5. The van der Waals surface area contributed by atoms with Gasteiger partial charge in [0.1, 0.15) is 0 Å². The second kappa shape index (κ2) is 4.33. The van der Waals surface area contributed by atoms with Gasteiger partial charge in [-0.15, -0.1) is 0 Å². The molecule has 1 N–H and O–H groups in total. The number of hydrogen-bond donors (Lipinski definition) is 1. The van der Waals surface area contributed by atoms with Crippen LogP contribution < -0.4 is 0 Å². The summed E-state index contributed by atoms with van der Waals surface area (Å²) in [7, 11) is 0. The molecule has 1 aliphatic heterocycles. The van der Waals surface area contributed by atoms with Crippen molar-refractivity contribution in [1.29, 1.82) is 0 Å². The first kappa shape index (κ1) is 11.9. The predicted molar refractivity (Wildman–Crippen MR) is 80.4 cm³/mol. The van der Waals surface area contributed by atoms with Crippen LogP contribution in [0.2, 0.25) is 5.02 Å².